The molecule has 0 unspecified atom stereocenters. The van der Waals surface area contributed by atoms with E-state index >= 15 is 0 Å². The second kappa shape index (κ2) is 8.72. The Morgan fingerprint density at radius 1 is 1.44 bits per heavy atom. The minimum Gasteiger partial charge on any atom is -0.468 e. The SMILES string of the molecule is CCOC(=O)COCCN(CC)Cc1ccco1. The quantitative estimate of drug-likeness (QED) is 0.496. The molecule has 0 saturated carbocycles. The highest BCUT2D eigenvalue weighted by Gasteiger charge is 2.06. The van der Waals surface area contributed by atoms with Crippen molar-refractivity contribution in [1.29, 1.82) is 0 Å². The van der Waals surface area contributed by atoms with Crippen molar-refractivity contribution in [1.82, 2.24) is 4.90 Å². The highest BCUT2D eigenvalue weighted by molar-refractivity contribution is 5.70. The van der Waals surface area contributed by atoms with Crippen molar-refractivity contribution in [2.45, 2.75) is 20.4 Å². The number of carbonyl (C=O) groups is 1. The van der Waals surface area contributed by atoms with Gasteiger partial charge in [-0.1, -0.05) is 6.92 Å². The van der Waals surface area contributed by atoms with Gasteiger partial charge in [-0.2, -0.15) is 0 Å². The van der Waals surface area contributed by atoms with Crippen LogP contribution >= 0.6 is 0 Å². The zero-order valence-corrected chi connectivity index (χ0v) is 11.1. The van der Waals surface area contributed by atoms with E-state index < -0.39 is 0 Å². The fourth-order valence-corrected chi connectivity index (χ4v) is 1.52. The van der Waals surface area contributed by atoms with Gasteiger partial charge in [0.25, 0.3) is 0 Å². The molecule has 0 aliphatic carbocycles. The standard InChI is InChI=1S/C13H21NO4/c1-3-14(10-12-6-5-8-18-12)7-9-16-11-13(15)17-4-2/h5-6,8H,3-4,7,9-11H2,1-2H3. The summed E-state index contributed by atoms with van der Waals surface area (Å²) in [5.41, 5.74) is 0. The molecule has 0 aliphatic rings. The van der Waals surface area contributed by atoms with Crippen LogP contribution in [0.1, 0.15) is 19.6 Å². The van der Waals surface area contributed by atoms with Gasteiger partial charge in [-0.3, -0.25) is 4.90 Å². The third-order valence-electron chi connectivity index (χ3n) is 2.48. The van der Waals surface area contributed by atoms with E-state index in [-0.39, 0.29) is 12.6 Å². The molecule has 18 heavy (non-hydrogen) atoms. The molecule has 0 bridgehead atoms. The van der Waals surface area contributed by atoms with Gasteiger partial charge in [0, 0.05) is 6.54 Å². The summed E-state index contributed by atoms with van der Waals surface area (Å²) in [4.78, 5) is 13.2. The molecule has 1 aromatic heterocycles. The minimum absolute atomic E-state index is 0.0200. The van der Waals surface area contributed by atoms with Crippen LogP contribution in [-0.4, -0.2) is 43.8 Å². The molecule has 102 valence electrons. The number of esters is 1. The van der Waals surface area contributed by atoms with Crippen LogP contribution in [0.5, 0.6) is 0 Å². The Hall–Kier alpha value is -1.33. The molecule has 1 rings (SSSR count). The number of hydrogen-bond donors (Lipinski definition) is 0. The Morgan fingerprint density at radius 2 is 2.28 bits per heavy atom. The molecular weight excluding hydrogens is 234 g/mol. The average molecular weight is 255 g/mol. The van der Waals surface area contributed by atoms with Crippen molar-refractivity contribution in [3.8, 4) is 0 Å². The lowest BCUT2D eigenvalue weighted by atomic mass is 10.4. The second-order valence-electron chi connectivity index (χ2n) is 3.81. The average Bonchev–Trinajstić information content (AvgIpc) is 2.86. The summed E-state index contributed by atoms with van der Waals surface area (Å²) in [7, 11) is 0. The maximum Gasteiger partial charge on any atom is 0.332 e. The number of likely N-dealkylation sites (N-methyl/N-ethyl adjacent to an activating group) is 1. The number of furan rings is 1. The van der Waals surface area contributed by atoms with Crippen molar-refractivity contribution in [3.63, 3.8) is 0 Å². The van der Waals surface area contributed by atoms with E-state index in [9.17, 15) is 4.79 Å². The Labute approximate surface area is 108 Å². The van der Waals surface area contributed by atoms with Crippen LogP contribution in [0.2, 0.25) is 0 Å². The summed E-state index contributed by atoms with van der Waals surface area (Å²) in [6.07, 6.45) is 1.67. The van der Waals surface area contributed by atoms with Gasteiger partial charge < -0.3 is 13.9 Å². The van der Waals surface area contributed by atoms with Crippen molar-refractivity contribution >= 4 is 5.97 Å². The second-order valence-corrected chi connectivity index (χ2v) is 3.81. The van der Waals surface area contributed by atoms with Crippen LogP contribution in [0, 0.1) is 0 Å². The van der Waals surface area contributed by atoms with Gasteiger partial charge in [0.05, 0.1) is 26.0 Å². The lowest BCUT2D eigenvalue weighted by Crippen LogP contribution is -2.27. The predicted molar refractivity (Wildman–Crippen MR) is 67.1 cm³/mol. The van der Waals surface area contributed by atoms with E-state index in [0.29, 0.717) is 13.2 Å². The van der Waals surface area contributed by atoms with Crippen LogP contribution in [-0.2, 0) is 20.8 Å². The fraction of sp³-hybridized carbons (Fsp3) is 0.615. The third-order valence-corrected chi connectivity index (χ3v) is 2.48. The van der Waals surface area contributed by atoms with Crippen LogP contribution in [0.15, 0.2) is 22.8 Å². The molecule has 1 heterocycles. The van der Waals surface area contributed by atoms with Crippen molar-refractivity contribution in [2.75, 3.05) is 32.9 Å². The molecule has 0 aliphatic heterocycles. The molecule has 1 aromatic rings. The Bertz CT molecular complexity index is 324. The Morgan fingerprint density at radius 3 is 2.89 bits per heavy atom. The van der Waals surface area contributed by atoms with E-state index in [1.807, 2.05) is 12.1 Å². The van der Waals surface area contributed by atoms with Crippen molar-refractivity contribution in [2.24, 2.45) is 0 Å². The Kier molecular flexibility index (Phi) is 7.13. The zero-order chi connectivity index (χ0) is 13.2. The first kappa shape index (κ1) is 14.7. The van der Waals surface area contributed by atoms with E-state index in [1.165, 1.54) is 0 Å². The highest BCUT2D eigenvalue weighted by Crippen LogP contribution is 2.04. The molecular formula is C13H21NO4. The summed E-state index contributed by atoms with van der Waals surface area (Å²) in [5.74, 6) is 0.619. The summed E-state index contributed by atoms with van der Waals surface area (Å²) < 4.78 is 15.3. The summed E-state index contributed by atoms with van der Waals surface area (Å²) in [5, 5.41) is 0. The topological polar surface area (TPSA) is 51.9 Å². The molecule has 0 atom stereocenters. The van der Waals surface area contributed by atoms with Gasteiger partial charge in [0.2, 0.25) is 0 Å². The van der Waals surface area contributed by atoms with Gasteiger partial charge in [-0.05, 0) is 25.6 Å². The van der Waals surface area contributed by atoms with Gasteiger partial charge in [0.15, 0.2) is 0 Å². The van der Waals surface area contributed by atoms with E-state index in [4.69, 9.17) is 13.9 Å². The molecule has 0 aromatic carbocycles. The predicted octanol–water partition coefficient (Wildman–Crippen LogP) is 1.68. The lowest BCUT2D eigenvalue weighted by Gasteiger charge is -2.18. The largest absolute Gasteiger partial charge is 0.468 e. The molecule has 0 spiro atoms. The summed E-state index contributed by atoms with van der Waals surface area (Å²) in [6, 6.07) is 3.82. The van der Waals surface area contributed by atoms with E-state index in [2.05, 4.69) is 11.8 Å². The number of hydrogen-bond acceptors (Lipinski definition) is 5. The maximum absolute atomic E-state index is 11.0. The zero-order valence-electron chi connectivity index (χ0n) is 11.1. The number of nitrogens with zero attached hydrogens (tertiary/aromatic N) is 1. The number of ether oxygens (including phenoxy) is 2. The Balaban J connectivity index is 2.14. The molecule has 0 fully saturated rings. The fourth-order valence-electron chi connectivity index (χ4n) is 1.52. The van der Waals surface area contributed by atoms with Crippen molar-refractivity contribution < 1.29 is 18.7 Å². The maximum atomic E-state index is 11.0. The summed E-state index contributed by atoms with van der Waals surface area (Å²) >= 11 is 0. The third kappa shape index (κ3) is 5.84. The molecule has 0 radical (unpaired) electrons. The molecule has 5 nitrogen and oxygen atoms in total. The van der Waals surface area contributed by atoms with Gasteiger partial charge >= 0.3 is 5.97 Å². The van der Waals surface area contributed by atoms with E-state index in [1.54, 1.807) is 13.2 Å². The van der Waals surface area contributed by atoms with Gasteiger partial charge in [0.1, 0.15) is 12.4 Å². The monoisotopic (exact) mass is 255 g/mol. The molecule has 0 N–H and O–H groups in total. The van der Waals surface area contributed by atoms with Crippen LogP contribution in [0.25, 0.3) is 0 Å². The lowest BCUT2D eigenvalue weighted by molar-refractivity contribution is -0.148. The van der Waals surface area contributed by atoms with Gasteiger partial charge in [-0.25, -0.2) is 4.79 Å². The molecule has 5 heteroatoms. The van der Waals surface area contributed by atoms with Crippen LogP contribution < -0.4 is 0 Å². The van der Waals surface area contributed by atoms with Crippen LogP contribution in [0.4, 0.5) is 0 Å². The first-order chi connectivity index (χ1) is 8.76. The first-order valence-electron chi connectivity index (χ1n) is 6.24. The highest BCUT2D eigenvalue weighted by atomic mass is 16.6. The number of carbonyl (C=O) groups excluding carboxylic acids is 1. The molecule has 0 amide bonds. The smallest absolute Gasteiger partial charge is 0.332 e. The number of rotatable bonds is 9. The first-order valence-corrected chi connectivity index (χ1v) is 6.24. The minimum atomic E-state index is -0.313. The van der Waals surface area contributed by atoms with Crippen molar-refractivity contribution in [3.05, 3.63) is 24.2 Å². The summed E-state index contributed by atoms with van der Waals surface area (Å²) in [6.45, 7) is 7.20. The van der Waals surface area contributed by atoms with E-state index in [0.717, 1.165) is 25.4 Å². The molecule has 0 saturated heterocycles. The normalized spacial score (nSPS) is 10.8. The van der Waals surface area contributed by atoms with Gasteiger partial charge in [-0.15, -0.1) is 0 Å². The van der Waals surface area contributed by atoms with Crippen LogP contribution in [0.3, 0.4) is 0 Å².